The standard InChI is InChI=1S/C17H15BrN2O2/c1-22-16-4-2-3-13(11-16)12-19-9-10-20(17(19)21)15-7-5-14(18)6-8-15/h2-11H,12H2,1H3. The third kappa shape index (κ3) is 2.99. The second-order valence-corrected chi connectivity index (χ2v) is 5.82. The Morgan fingerprint density at radius 3 is 2.59 bits per heavy atom. The fraction of sp³-hybridized carbons (Fsp3) is 0.118. The number of rotatable bonds is 4. The van der Waals surface area contributed by atoms with Crippen molar-refractivity contribution in [3.8, 4) is 11.4 Å². The number of ether oxygens (including phenoxy) is 1. The highest BCUT2D eigenvalue weighted by atomic mass is 79.9. The minimum absolute atomic E-state index is 0.0647. The first-order valence-electron chi connectivity index (χ1n) is 6.84. The Bertz CT molecular complexity index is 834. The molecule has 0 bridgehead atoms. The van der Waals surface area contributed by atoms with Gasteiger partial charge in [-0.05, 0) is 42.0 Å². The van der Waals surface area contributed by atoms with Gasteiger partial charge in [-0.2, -0.15) is 0 Å². The highest BCUT2D eigenvalue weighted by Crippen LogP contribution is 2.14. The maximum Gasteiger partial charge on any atom is 0.333 e. The third-order valence-electron chi connectivity index (χ3n) is 3.44. The van der Waals surface area contributed by atoms with E-state index in [9.17, 15) is 4.79 Å². The Morgan fingerprint density at radius 1 is 1.09 bits per heavy atom. The van der Waals surface area contributed by atoms with Crippen LogP contribution in [0.3, 0.4) is 0 Å². The Morgan fingerprint density at radius 2 is 1.86 bits per heavy atom. The highest BCUT2D eigenvalue weighted by Gasteiger charge is 2.06. The van der Waals surface area contributed by atoms with E-state index in [4.69, 9.17) is 4.74 Å². The smallest absolute Gasteiger partial charge is 0.333 e. The lowest BCUT2D eigenvalue weighted by molar-refractivity contribution is 0.414. The topological polar surface area (TPSA) is 36.2 Å². The Hall–Kier alpha value is -2.27. The molecule has 0 unspecified atom stereocenters. The van der Waals surface area contributed by atoms with Crippen LogP contribution in [0, 0.1) is 0 Å². The predicted octanol–water partition coefficient (Wildman–Crippen LogP) is 3.46. The second-order valence-electron chi connectivity index (χ2n) is 4.91. The lowest BCUT2D eigenvalue weighted by Crippen LogP contribution is -2.23. The second kappa shape index (κ2) is 6.23. The zero-order valence-corrected chi connectivity index (χ0v) is 13.7. The van der Waals surface area contributed by atoms with Crippen LogP contribution in [0.5, 0.6) is 5.75 Å². The van der Waals surface area contributed by atoms with Crippen LogP contribution in [0.25, 0.3) is 5.69 Å². The van der Waals surface area contributed by atoms with Crippen molar-refractivity contribution in [2.75, 3.05) is 7.11 Å². The summed E-state index contributed by atoms with van der Waals surface area (Å²) in [5.74, 6) is 0.790. The zero-order valence-electron chi connectivity index (χ0n) is 12.1. The van der Waals surface area contributed by atoms with Crippen LogP contribution < -0.4 is 10.4 Å². The van der Waals surface area contributed by atoms with E-state index in [1.807, 2.05) is 48.5 Å². The van der Waals surface area contributed by atoms with E-state index >= 15 is 0 Å². The molecule has 0 aliphatic rings. The molecule has 0 saturated heterocycles. The molecule has 0 fully saturated rings. The Labute approximate surface area is 136 Å². The molecule has 0 saturated carbocycles. The first-order chi connectivity index (χ1) is 10.7. The van der Waals surface area contributed by atoms with E-state index < -0.39 is 0 Å². The van der Waals surface area contributed by atoms with Gasteiger partial charge < -0.3 is 4.74 Å². The molecule has 0 aliphatic heterocycles. The molecule has 4 nitrogen and oxygen atoms in total. The monoisotopic (exact) mass is 358 g/mol. The van der Waals surface area contributed by atoms with Crippen LogP contribution in [-0.2, 0) is 6.54 Å². The molecular weight excluding hydrogens is 344 g/mol. The van der Waals surface area contributed by atoms with E-state index in [0.717, 1.165) is 21.5 Å². The van der Waals surface area contributed by atoms with Crippen LogP contribution in [0.1, 0.15) is 5.56 Å². The van der Waals surface area contributed by atoms with E-state index in [-0.39, 0.29) is 5.69 Å². The van der Waals surface area contributed by atoms with Crippen molar-refractivity contribution in [2.24, 2.45) is 0 Å². The van der Waals surface area contributed by atoms with Gasteiger partial charge in [0.15, 0.2) is 0 Å². The number of aromatic nitrogens is 2. The van der Waals surface area contributed by atoms with Gasteiger partial charge >= 0.3 is 5.69 Å². The molecule has 0 spiro atoms. The van der Waals surface area contributed by atoms with Crippen molar-refractivity contribution in [3.05, 3.63) is 81.4 Å². The van der Waals surface area contributed by atoms with Crippen LogP contribution in [0.4, 0.5) is 0 Å². The van der Waals surface area contributed by atoms with Gasteiger partial charge in [-0.3, -0.25) is 9.13 Å². The molecular formula is C17H15BrN2O2. The Kier molecular flexibility index (Phi) is 4.15. The van der Waals surface area contributed by atoms with Crippen molar-refractivity contribution >= 4 is 15.9 Å². The van der Waals surface area contributed by atoms with E-state index in [1.165, 1.54) is 0 Å². The molecule has 0 N–H and O–H groups in total. The number of hydrogen-bond acceptors (Lipinski definition) is 2. The van der Waals surface area contributed by atoms with E-state index in [2.05, 4.69) is 15.9 Å². The molecule has 5 heteroatoms. The molecule has 0 aliphatic carbocycles. The zero-order chi connectivity index (χ0) is 15.5. The molecule has 3 rings (SSSR count). The quantitative estimate of drug-likeness (QED) is 0.715. The van der Waals surface area contributed by atoms with Gasteiger partial charge in [0.05, 0.1) is 19.3 Å². The molecule has 0 amide bonds. The summed E-state index contributed by atoms with van der Waals surface area (Å²) in [4.78, 5) is 12.5. The van der Waals surface area contributed by atoms with Crippen molar-refractivity contribution < 1.29 is 4.74 Å². The first kappa shape index (κ1) is 14.7. The summed E-state index contributed by atoms with van der Waals surface area (Å²) in [7, 11) is 1.63. The summed E-state index contributed by atoms with van der Waals surface area (Å²) in [6, 6.07) is 15.4. The third-order valence-corrected chi connectivity index (χ3v) is 3.97. The molecule has 1 heterocycles. The molecule has 0 atom stereocenters. The summed E-state index contributed by atoms with van der Waals surface area (Å²) >= 11 is 3.40. The summed E-state index contributed by atoms with van der Waals surface area (Å²) in [6.07, 6.45) is 3.58. The largest absolute Gasteiger partial charge is 0.497 e. The van der Waals surface area contributed by atoms with E-state index in [0.29, 0.717) is 6.54 Å². The van der Waals surface area contributed by atoms with Gasteiger partial charge in [0, 0.05) is 16.9 Å². The molecule has 1 aromatic heterocycles. The number of halogens is 1. The Balaban J connectivity index is 1.90. The number of methoxy groups -OCH3 is 1. The molecule has 0 radical (unpaired) electrons. The summed E-state index contributed by atoms with van der Waals surface area (Å²) < 4.78 is 9.51. The average molecular weight is 359 g/mol. The van der Waals surface area contributed by atoms with Crippen molar-refractivity contribution in [1.29, 1.82) is 0 Å². The van der Waals surface area contributed by atoms with Crippen molar-refractivity contribution in [2.45, 2.75) is 6.54 Å². The van der Waals surface area contributed by atoms with Gasteiger partial charge in [0.1, 0.15) is 5.75 Å². The SMILES string of the molecule is COc1cccc(Cn2ccn(-c3ccc(Br)cc3)c2=O)c1. The summed E-state index contributed by atoms with van der Waals surface area (Å²) in [5, 5.41) is 0. The van der Waals surface area contributed by atoms with Gasteiger partial charge in [0.25, 0.3) is 0 Å². The number of hydrogen-bond donors (Lipinski definition) is 0. The van der Waals surface area contributed by atoms with Crippen LogP contribution >= 0.6 is 15.9 Å². The van der Waals surface area contributed by atoms with Crippen molar-refractivity contribution in [1.82, 2.24) is 9.13 Å². The molecule has 22 heavy (non-hydrogen) atoms. The van der Waals surface area contributed by atoms with E-state index in [1.54, 1.807) is 28.6 Å². The van der Waals surface area contributed by atoms with Crippen LogP contribution in [0.2, 0.25) is 0 Å². The number of nitrogens with zero attached hydrogens (tertiary/aromatic N) is 2. The molecule has 3 aromatic rings. The minimum Gasteiger partial charge on any atom is -0.497 e. The maximum absolute atomic E-state index is 12.5. The summed E-state index contributed by atoms with van der Waals surface area (Å²) in [5.41, 5.74) is 1.80. The minimum atomic E-state index is -0.0647. The van der Waals surface area contributed by atoms with Gasteiger partial charge in [-0.1, -0.05) is 28.1 Å². The molecule has 2 aromatic carbocycles. The van der Waals surface area contributed by atoms with Crippen LogP contribution in [0.15, 0.2) is 70.2 Å². The van der Waals surface area contributed by atoms with Crippen LogP contribution in [-0.4, -0.2) is 16.2 Å². The molecule has 112 valence electrons. The lowest BCUT2D eigenvalue weighted by Gasteiger charge is -2.05. The predicted molar refractivity (Wildman–Crippen MR) is 89.8 cm³/mol. The van der Waals surface area contributed by atoms with Crippen molar-refractivity contribution in [3.63, 3.8) is 0 Å². The highest BCUT2D eigenvalue weighted by molar-refractivity contribution is 9.10. The summed E-state index contributed by atoms with van der Waals surface area (Å²) in [6.45, 7) is 0.513. The van der Waals surface area contributed by atoms with Gasteiger partial charge in [-0.25, -0.2) is 4.79 Å². The number of imidazole rings is 1. The lowest BCUT2D eigenvalue weighted by atomic mass is 10.2. The average Bonchev–Trinajstić information content (AvgIpc) is 2.89. The normalized spacial score (nSPS) is 10.6. The fourth-order valence-corrected chi connectivity index (χ4v) is 2.56. The van der Waals surface area contributed by atoms with Gasteiger partial charge in [0.2, 0.25) is 0 Å². The fourth-order valence-electron chi connectivity index (χ4n) is 2.30. The van der Waals surface area contributed by atoms with Gasteiger partial charge in [-0.15, -0.1) is 0 Å². The maximum atomic E-state index is 12.5. The number of benzene rings is 2. The first-order valence-corrected chi connectivity index (χ1v) is 7.63.